The lowest BCUT2D eigenvalue weighted by Crippen LogP contribution is -2.41. The molecule has 0 spiro atoms. The van der Waals surface area contributed by atoms with Crippen molar-refractivity contribution in [2.75, 3.05) is 26.2 Å². The van der Waals surface area contributed by atoms with Crippen LogP contribution in [0.15, 0.2) is 0 Å². The van der Waals surface area contributed by atoms with Crippen LogP contribution in [-0.4, -0.2) is 37.0 Å². The zero-order valence-corrected chi connectivity index (χ0v) is 10.4. The minimum Gasteiger partial charge on any atom is -0.342 e. The summed E-state index contributed by atoms with van der Waals surface area (Å²) < 4.78 is 0. The van der Waals surface area contributed by atoms with E-state index in [1.165, 1.54) is 25.7 Å². The second-order valence-corrected chi connectivity index (χ2v) is 5.50. The molecule has 0 saturated carbocycles. The molecule has 1 amide bonds. The summed E-state index contributed by atoms with van der Waals surface area (Å²) in [5.74, 6) is 1.67. The monoisotopic (exact) mass is 224 g/mol. The maximum Gasteiger partial charge on any atom is 0.222 e. The van der Waals surface area contributed by atoms with E-state index in [-0.39, 0.29) is 0 Å². The van der Waals surface area contributed by atoms with Crippen molar-refractivity contribution < 1.29 is 4.79 Å². The molecule has 2 unspecified atom stereocenters. The highest BCUT2D eigenvalue weighted by atomic mass is 16.2. The van der Waals surface area contributed by atoms with Gasteiger partial charge in [-0.05, 0) is 50.6 Å². The first-order valence-corrected chi connectivity index (χ1v) is 6.74. The maximum atomic E-state index is 12.1. The average Bonchev–Trinajstić information content (AvgIpc) is 2.30. The summed E-state index contributed by atoms with van der Waals surface area (Å²) in [4.78, 5) is 14.2. The third-order valence-corrected chi connectivity index (χ3v) is 3.87. The molecule has 3 nitrogen and oxygen atoms in total. The van der Waals surface area contributed by atoms with Crippen molar-refractivity contribution in [3.63, 3.8) is 0 Å². The van der Waals surface area contributed by atoms with Crippen LogP contribution in [0.3, 0.4) is 0 Å². The lowest BCUT2D eigenvalue weighted by molar-refractivity contribution is -0.134. The van der Waals surface area contributed by atoms with E-state index < -0.39 is 0 Å². The van der Waals surface area contributed by atoms with Crippen molar-refractivity contribution in [3.8, 4) is 0 Å². The van der Waals surface area contributed by atoms with Crippen LogP contribution in [0, 0.1) is 11.8 Å². The summed E-state index contributed by atoms with van der Waals surface area (Å²) in [5, 5.41) is 3.38. The van der Waals surface area contributed by atoms with E-state index in [4.69, 9.17) is 0 Å². The molecule has 0 bridgehead atoms. The first-order valence-electron chi connectivity index (χ1n) is 6.74. The van der Waals surface area contributed by atoms with E-state index in [1.807, 2.05) is 0 Å². The van der Waals surface area contributed by atoms with Gasteiger partial charge in [0.2, 0.25) is 5.91 Å². The lowest BCUT2D eigenvalue weighted by atomic mass is 9.94. The molecule has 2 aliphatic heterocycles. The van der Waals surface area contributed by atoms with Crippen LogP contribution in [0.5, 0.6) is 0 Å². The van der Waals surface area contributed by atoms with Crippen LogP contribution in [-0.2, 0) is 4.79 Å². The molecule has 0 aromatic rings. The number of piperidine rings is 2. The Hall–Kier alpha value is -0.570. The fourth-order valence-electron chi connectivity index (χ4n) is 2.89. The molecule has 2 rings (SSSR count). The van der Waals surface area contributed by atoms with E-state index in [9.17, 15) is 4.79 Å². The van der Waals surface area contributed by atoms with Crippen LogP contribution < -0.4 is 5.32 Å². The van der Waals surface area contributed by atoms with E-state index in [2.05, 4.69) is 17.1 Å². The fourth-order valence-corrected chi connectivity index (χ4v) is 2.89. The summed E-state index contributed by atoms with van der Waals surface area (Å²) in [6.07, 6.45) is 5.70. The Bertz CT molecular complexity index is 236. The van der Waals surface area contributed by atoms with Crippen LogP contribution >= 0.6 is 0 Å². The molecule has 3 heteroatoms. The molecule has 2 saturated heterocycles. The predicted molar refractivity (Wildman–Crippen MR) is 65.2 cm³/mol. The van der Waals surface area contributed by atoms with Gasteiger partial charge in [0.15, 0.2) is 0 Å². The zero-order chi connectivity index (χ0) is 11.4. The van der Waals surface area contributed by atoms with Gasteiger partial charge in [0.05, 0.1) is 0 Å². The Morgan fingerprint density at radius 2 is 2.25 bits per heavy atom. The highest BCUT2D eigenvalue weighted by Crippen LogP contribution is 2.20. The molecular formula is C13H24N2O. The standard InChI is InChI=1S/C13H24N2O/c1-11-4-3-7-15(10-11)13(16)8-12-5-2-6-14-9-12/h11-12,14H,2-10H2,1H3. The van der Waals surface area contributed by atoms with Crippen molar-refractivity contribution in [3.05, 3.63) is 0 Å². The number of amides is 1. The summed E-state index contributed by atoms with van der Waals surface area (Å²) in [6, 6.07) is 0. The third-order valence-electron chi connectivity index (χ3n) is 3.87. The molecule has 0 radical (unpaired) electrons. The van der Waals surface area contributed by atoms with Gasteiger partial charge in [-0.2, -0.15) is 0 Å². The molecule has 2 fully saturated rings. The van der Waals surface area contributed by atoms with Gasteiger partial charge < -0.3 is 10.2 Å². The zero-order valence-electron chi connectivity index (χ0n) is 10.4. The first-order chi connectivity index (χ1) is 7.75. The van der Waals surface area contributed by atoms with E-state index in [0.29, 0.717) is 17.7 Å². The minimum atomic E-state index is 0.389. The number of nitrogens with zero attached hydrogens (tertiary/aromatic N) is 1. The van der Waals surface area contributed by atoms with Crippen LogP contribution in [0.25, 0.3) is 0 Å². The number of carbonyl (C=O) groups is 1. The van der Waals surface area contributed by atoms with Crippen LogP contribution in [0.1, 0.15) is 39.0 Å². The fraction of sp³-hybridized carbons (Fsp3) is 0.923. The number of rotatable bonds is 2. The van der Waals surface area contributed by atoms with Crippen molar-refractivity contribution in [1.82, 2.24) is 10.2 Å². The van der Waals surface area contributed by atoms with Gasteiger partial charge in [-0.25, -0.2) is 0 Å². The Labute approximate surface area is 98.6 Å². The molecule has 2 heterocycles. The molecule has 2 atom stereocenters. The van der Waals surface area contributed by atoms with Gasteiger partial charge in [-0.3, -0.25) is 4.79 Å². The summed E-state index contributed by atoms with van der Waals surface area (Å²) in [5.41, 5.74) is 0. The van der Waals surface area contributed by atoms with E-state index >= 15 is 0 Å². The Morgan fingerprint density at radius 1 is 1.38 bits per heavy atom. The van der Waals surface area contributed by atoms with Crippen LogP contribution in [0.2, 0.25) is 0 Å². The Morgan fingerprint density at radius 3 is 2.94 bits per heavy atom. The number of carbonyl (C=O) groups excluding carboxylic acids is 1. The molecular weight excluding hydrogens is 200 g/mol. The van der Waals surface area contributed by atoms with Crippen molar-refractivity contribution in [1.29, 1.82) is 0 Å². The smallest absolute Gasteiger partial charge is 0.222 e. The molecule has 1 N–H and O–H groups in total. The van der Waals surface area contributed by atoms with Gasteiger partial charge in [-0.1, -0.05) is 6.92 Å². The molecule has 0 aromatic heterocycles. The van der Waals surface area contributed by atoms with Crippen molar-refractivity contribution in [2.45, 2.75) is 39.0 Å². The lowest BCUT2D eigenvalue weighted by Gasteiger charge is -2.32. The maximum absolute atomic E-state index is 12.1. The molecule has 0 aliphatic carbocycles. The average molecular weight is 224 g/mol. The molecule has 92 valence electrons. The minimum absolute atomic E-state index is 0.389. The summed E-state index contributed by atoms with van der Waals surface area (Å²) in [6.45, 7) is 6.39. The highest BCUT2D eigenvalue weighted by Gasteiger charge is 2.24. The van der Waals surface area contributed by atoms with Gasteiger partial charge >= 0.3 is 0 Å². The predicted octanol–water partition coefficient (Wildman–Crippen LogP) is 1.63. The second-order valence-electron chi connectivity index (χ2n) is 5.50. The normalized spacial score (nSPS) is 31.4. The molecule has 16 heavy (non-hydrogen) atoms. The van der Waals surface area contributed by atoms with Crippen molar-refractivity contribution in [2.24, 2.45) is 11.8 Å². The number of hydrogen-bond donors (Lipinski definition) is 1. The van der Waals surface area contributed by atoms with Crippen molar-refractivity contribution >= 4 is 5.91 Å². The largest absolute Gasteiger partial charge is 0.342 e. The Balaban J connectivity index is 1.77. The van der Waals surface area contributed by atoms with Gasteiger partial charge in [0, 0.05) is 19.5 Å². The van der Waals surface area contributed by atoms with E-state index in [0.717, 1.165) is 32.6 Å². The van der Waals surface area contributed by atoms with Gasteiger partial charge in [0.25, 0.3) is 0 Å². The van der Waals surface area contributed by atoms with E-state index in [1.54, 1.807) is 0 Å². The third kappa shape index (κ3) is 3.21. The Kier molecular flexibility index (Phi) is 4.22. The summed E-state index contributed by atoms with van der Waals surface area (Å²) >= 11 is 0. The van der Waals surface area contributed by atoms with Gasteiger partial charge in [0.1, 0.15) is 0 Å². The molecule has 2 aliphatic rings. The van der Waals surface area contributed by atoms with Crippen LogP contribution in [0.4, 0.5) is 0 Å². The van der Waals surface area contributed by atoms with Gasteiger partial charge in [-0.15, -0.1) is 0 Å². The summed E-state index contributed by atoms with van der Waals surface area (Å²) in [7, 11) is 0. The topological polar surface area (TPSA) is 32.3 Å². The second kappa shape index (κ2) is 5.67. The molecule has 0 aromatic carbocycles. The first kappa shape index (κ1) is 11.9. The highest BCUT2D eigenvalue weighted by molar-refractivity contribution is 5.76. The number of likely N-dealkylation sites (tertiary alicyclic amines) is 1. The number of hydrogen-bond acceptors (Lipinski definition) is 2. The quantitative estimate of drug-likeness (QED) is 0.773. The SMILES string of the molecule is CC1CCCN(C(=O)CC2CCCNC2)C1. The number of nitrogens with one attached hydrogen (secondary N) is 1.